The minimum atomic E-state index is -0.988. The van der Waals surface area contributed by atoms with Crippen molar-refractivity contribution in [1.82, 2.24) is 69.9 Å². The molecule has 5 N–H and O–H groups in total. The van der Waals surface area contributed by atoms with E-state index in [0.29, 0.717) is 30.4 Å². The maximum atomic E-state index is 12.6. The average Bonchev–Trinajstić information content (AvgIpc) is 4.45. The maximum absolute atomic E-state index is 12.6. The Kier molecular flexibility index (Phi) is 20.9. The van der Waals surface area contributed by atoms with Gasteiger partial charge in [-0.25, -0.2) is 39.5 Å². The lowest BCUT2D eigenvalue weighted by Gasteiger charge is -2.33. The highest BCUT2D eigenvalue weighted by Crippen LogP contribution is 2.27. The molecule has 0 atom stereocenters. The second kappa shape index (κ2) is 28.4. The lowest BCUT2D eigenvalue weighted by Crippen LogP contribution is -2.44. The SMILES string of the molecule is CC(C)(C)n1ccc(C(=O)O)n1.Cc1cc(-c2cc(Nc3ccc(N4CCN(C)CC4)cn3)ncn2)ccc1CNC(=O)OC(C)(C)C.Cc1cc(-c2cc(Nc3ccc(N4CCN(C)CC4)cn3)ncn2)ccc1CNC(=O)c1ccn(C(C)(C)C)n1. The van der Waals surface area contributed by atoms with Gasteiger partial charge in [0, 0.05) is 101 Å². The van der Waals surface area contributed by atoms with Crippen LogP contribution in [0.15, 0.2) is 122 Å². The number of benzene rings is 2. The summed E-state index contributed by atoms with van der Waals surface area (Å²) in [6.07, 6.45) is 9.99. The Hall–Kier alpha value is -9.35. The number of rotatable bonds is 14. The van der Waals surface area contributed by atoms with Gasteiger partial charge in [0.25, 0.3) is 5.91 Å². The quantitative estimate of drug-likeness (QED) is 0.0679. The van der Waals surface area contributed by atoms with Gasteiger partial charge in [0.15, 0.2) is 5.69 Å². The first kappa shape index (κ1) is 64.6. The van der Waals surface area contributed by atoms with Crippen molar-refractivity contribution < 1.29 is 24.2 Å². The fourth-order valence-corrected chi connectivity index (χ4v) is 9.34. The highest BCUT2D eigenvalue weighted by Gasteiger charge is 2.21. The van der Waals surface area contributed by atoms with Crippen LogP contribution >= 0.6 is 0 Å². The number of carboxylic acids is 1. The van der Waals surface area contributed by atoms with Gasteiger partial charge in [-0.05, 0) is 161 Å². The Morgan fingerprint density at radius 1 is 0.511 bits per heavy atom. The summed E-state index contributed by atoms with van der Waals surface area (Å²) in [5, 5.41) is 29.3. The van der Waals surface area contributed by atoms with Crippen molar-refractivity contribution in [3.8, 4) is 22.5 Å². The molecule has 8 aromatic rings. The molecule has 2 saturated heterocycles. The number of carbonyl (C=O) groups excluding carboxylic acids is 2. The number of pyridine rings is 2. The van der Waals surface area contributed by atoms with Crippen molar-refractivity contribution in [2.45, 2.75) is 106 Å². The third kappa shape index (κ3) is 18.6. The predicted octanol–water partition coefficient (Wildman–Crippen LogP) is 9.93. The number of likely N-dealkylation sites (N-methyl/N-ethyl adjacent to an activating group) is 2. The molecule has 0 aliphatic carbocycles. The van der Waals surface area contributed by atoms with Crippen molar-refractivity contribution in [3.05, 3.63) is 156 Å². The van der Waals surface area contributed by atoms with Gasteiger partial charge in [0.05, 0.1) is 46.2 Å². The number of nitrogens with zero attached hydrogens (tertiary/aromatic N) is 14. The van der Waals surface area contributed by atoms with Gasteiger partial charge in [-0.15, -0.1) is 0 Å². The summed E-state index contributed by atoms with van der Waals surface area (Å²) in [5.74, 6) is 1.64. The van der Waals surface area contributed by atoms with E-state index < -0.39 is 17.7 Å². The molecule has 2 aromatic carbocycles. The smallest absolute Gasteiger partial charge is 0.407 e. The fourth-order valence-electron chi connectivity index (χ4n) is 9.34. The molecule has 0 radical (unpaired) electrons. The molecule has 2 aliphatic heterocycles. The topological polar surface area (TPSA) is 255 Å². The highest BCUT2D eigenvalue weighted by molar-refractivity contribution is 5.92. The number of nitrogens with one attached hydrogen (secondary N) is 4. The zero-order valence-electron chi connectivity index (χ0n) is 53.0. The fraction of sp³-hybridized carbons (Fsp3) is 0.400. The number of anilines is 6. The number of aromatic nitrogens is 10. The van der Waals surface area contributed by atoms with Crippen LogP contribution in [0.25, 0.3) is 22.5 Å². The molecule has 23 heteroatoms. The summed E-state index contributed by atoms with van der Waals surface area (Å²) >= 11 is 0. The molecule has 23 nitrogen and oxygen atoms in total. The number of carboxylic acid groups (broad SMARTS) is 1. The predicted molar refractivity (Wildman–Crippen MR) is 345 cm³/mol. The first-order chi connectivity index (χ1) is 41.7. The molecule has 10 rings (SSSR count). The summed E-state index contributed by atoms with van der Waals surface area (Å²) in [6, 6.07) is 27.4. The van der Waals surface area contributed by atoms with E-state index >= 15 is 0 Å². The first-order valence-corrected chi connectivity index (χ1v) is 29.5. The van der Waals surface area contributed by atoms with Crippen molar-refractivity contribution in [2.24, 2.45) is 0 Å². The molecule has 6 aromatic heterocycles. The number of amides is 2. The summed E-state index contributed by atoms with van der Waals surface area (Å²) in [6.45, 7) is 30.7. The Balaban J connectivity index is 0.000000193. The monoisotopic (exact) mass is 1200 g/mol. The number of piperazine rings is 2. The number of hydrogen-bond acceptors (Lipinski definition) is 18. The lowest BCUT2D eigenvalue weighted by molar-refractivity contribution is 0.0522. The summed E-state index contributed by atoms with van der Waals surface area (Å²) < 4.78 is 8.75. The minimum absolute atomic E-state index is 0.0879. The molecule has 0 bridgehead atoms. The van der Waals surface area contributed by atoms with Crippen LogP contribution in [0, 0.1) is 13.8 Å². The molecule has 464 valence electrons. The second-order valence-electron chi connectivity index (χ2n) is 25.0. The zero-order chi connectivity index (χ0) is 63.3. The molecular formula is C65H84N18O5. The van der Waals surface area contributed by atoms with E-state index in [9.17, 15) is 14.4 Å². The second-order valence-corrected chi connectivity index (χ2v) is 25.0. The Bertz CT molecular complexity index is 3620. The molecule has 2 aliphatic rings. The van der Waals surface area contributed by atoms with E-state index in [1.165, 1.54) is 6.07 Å². The average molecular weight is 1200 g/mol. The van der Waals surface area contributed by atoms with Crippen LogP contribution in [0.4, 0.5) is 39.4 Å². The lowest BCUT2D eigenvalue weighted by atomic mass is 10.0. The van der Waals surface area contributed by atoms with Gasteiger partial charge >= 0.3 is 12.1 Å². The summed E-state index contributed by atoms with van der Waals surface area (Å²) in [7, 11) is 4.30. The van der Waals surface area contributed by atoms with Gasteiger partial charge in [-0.1, -0.05) is 24.3 Å². The number of alkyl carbamates (subject to hydrolysis) is 1. The Morgan fingerprint density at radius 3 is 1.32 bits per heavy atom. The molecule has 88 heavy (non-hydrogen) atoms. The molecule has 2 amide bonds. The van der Waals surface area contributed by atoms with Crippen LogP contribution in [0.5, 0.6) is 0 Å². The van der Waals surface area contributed by atoms with E-state index in [1.54, 1.807) is 34.3 Å². The number of hydrogen-bond donors (Lipinski definition) is 5. The van der Waals surface area contributed by atoms with Crippen LogP contribution in [0.2, 0.25) is 0 Å². The van der Waals surface area contributed by atoms with Crippen LogP contribution < -0.4 is 31.1 Å². The van der Waals surface area contributed by atoms with Crippen LogP contribution in [-0.4, -0.2) is 154 Å². The number of aromatic carboxylic acids is 1. The van der Waals surface area contributed by atoms with Crippen molar-refractivity contribution in [3.63, 3.8) is 0 Å². The summed E-state index contributed by atoms with van der Waals surface area (Å²) in [4.78, 5) is 71.3. The van der Waals surface area contributed by atoms with E-state index in [2.05, 4.69) is 119 Å². The van der Waals surface area contributed by atoms with Crippen LogP contribution in [0.1, 0.15) is 106 Å². The van der Waals surface area contributed by atoms with Gasteiger partial charge in [0.2, 0.25) is 0 Å². The standard InChI is InChI=1S/C30H37N9O.C27H35N7O2.C8H12N2O2/c1-21-16-22(6-7-23(21)18-32-29(40)25-10-11-39(36-25)30(2,3)4)26-17-28(34-20-33-26)35-27-9-8-24(19-31-27)38-14-12-37(5)13-15-38;1-19-14-20(6-7-21(19)16-29-26(35)36-27(2,3)4)23-15-25(31-18-30-23)32-24-9-8-22(17-28-24)34-12-10-33(5)11-13-34;1-8(2,3)10-5-4-6(9-10)7(11)12/h6-11,16-17,19-20H,12-15,18H2,1-5H3,(H,32,40)(H,31,33,34,35);6-9,14-15,17-18H,10-13,16H2,1-5H3,(H,29,35)(H,28,30,31,32);4-5H,1-3H3,(H,11,12). The van der Waals surface area contributed by atoms with Gasteiger partial charge < -0.3 is 50.7 Å². The molecule has 0 saturated carbocycles. The Morgan fingerprint density at radius 2 is 0.943 bits per heavy atom. The number of carbonyl (C=O) groups is 3. The van der Waals surface area contributed by atoms with Crippen molar-refractivity contribution in [2.75, 3.05) is 86.9 Å². The summed E-state index contributed by atoms with van der Waals surface area (Å²) in [5.41, 5.74) is 9.62. The minimum Gasteiger partial charge on any atom is -0.476 e. The van der Waals surface area contributed by atoms with Crippen LogP contribution in [-0.2, 0) is 28.9 Å². The number of ether oxygens (including phenoxy) is 1. The van der Waals surface area contributed by atoms with Crippen molar-refractivity contribution >= 4 is 52.6 Å². The number of aryl methyl sites for hydroxylation is 2. The molecule has 2 fully saturated rings. The molecule has 8 heterocycles. The van der Waals surface area contributed by atoms with E-state index in [4.69, 9.17) is 9.84 Å². The van der Waals surface area contributed by atoms with Gasteiger partial charge in [-0.3, -0.25) is 14.2 Å². The highest BCUT2D eigenvalue weighted by atomic mass is 16.6. The largest absolute Gasteiger partial charge is 0.476 e. The van der Waals surface area contributed by atoms with Crippen molar-refractivity contribution in [1.29, 1.82) is 0 Å². The van der Waals surface area contributed by atoms with E-state index in [1.807, 2.05) is 143 Å². The molecule has 0 unspecified atom stereocenters. The van der Waals surface area contributed by atoms with E-state index in [0.717, 1.165) is 120 Å². The van der Waals surface area contributed by atoms with Gasteiger partial charge in [0.1, 0.15) is 47.2 Å². The first-order valence-electron chi connectivity index (χ1n) is 29.5. The Labute approximate surface area is 516 Å². The van der Waals surface area contributed by atoms with Gasteiger partial charge in [-0.2, -0.15) is 10.2 Å². The molecular weight excluding hydrogens is 1110 g/mol. The third-order valence-electron chi connectivity index (χ3n) is 14.6. The van der Waals surface area contributed by atoms with Crippen LogP contribution in [0.3, 0.4) is 0 Å². The van der Waals surface area contributed by atoms with E-state index in [-0.39, 0.29) is 22.7 Å². The third-order valence-corrected chi connectivity index (χ3v) is 14.6. The maximum Gasteiger partial charge on any atom is 0.407 e. The normalized spacial score (nSPS) is 14.0. The zero-order valence-corrected chi connectivity index (χ0v) is 53.0. The molecule has 0 spiro atoms.